The molecule has 0 radical (unpaired) electrons. The first-order valence-electron chi connectivity index (χ1n) is 11.7. The summed E-state index contributed by atoms with van der Waals surface area (Å²) >= 11 is 2.47. The van der Waals surface area contributed by atoms with Crippen molar-refractivity contribution in [3.05, 3.63) is 91.0 Å². The van der Waals surface area contributed by atoms with Gasteiger partial charge in [0.1, 0.15) is 0 Å². The summed E-state index contributed by atoms with van der Waals surface area (Å²) in [4.78, 5) is 10.4. The summed E-state index contributed by atoms with van der Waals surface area (Å²) in [6.45, 7) is 15.4. The molecule has 0 aliphatic carbocycles. The van der Waals surface area contributed by atoms with Crippen LogP contribution in [0.5, 0.6) is 0 Å². The minimum absolute atomic E-state index is 0.963. The highest BCUT2D eigenvalue weighted by Crippen LogP contribution is 2.36. The van der Waals surface area contributed by atoms with Gasteiger partial charge >= 0.3 is 0 Å². The Kier molecular flexibility index (Phi) is 5.71. The van der Waals surface area contributed by atoms with Gasteiger partial charge in [-0.05, 0) is 117 Å². The number of fused-ring (bicyclic) bond motifs is 3. The van der Waals surface area contributed by atoms with E-state index < -0.39 is 0 Å². The first kappa shape index (κ1) is 23.0. The summed E-state index contributed by atoms with van der Waals surface area (Å²) in [5.74, 6) is 0. The van der Waals surface area contributed by atoms with Gasteiger partial charge in [0.15, 0.2) is 0 Å². The lowest BCUT2D eigenvalue weighted by Crippen LogP contribution is -2.01. The van der Waals surface area contributed by atoms with E-state index >= 15 is 0 Å². The first-order chi connectivity index (χ1) is 16.2. The van der Waals surface area contributed by atoms with Crippen molar-refractivity contribution in [3.63, 3.8) is 0 Å². The van der Waals surface area contributed by atoms with Crippen LogP contribution in [0, 0.1) is 52.0 Å². The molecule has 5 aromatic rings. The minimum Gasteiger partial charge on any atom is -0.245 e. The monoisotopic (exact) mass is 556 g/mol. The molecule has 0 saturated carbocycles. The van der Waals surface area contributed by atoms with Crippen molar-refractivity contribution in [3.8, 4) is 22.5 Å². The molecule has 0 bridgehead atoms. The molecule has 34 heavy (non-hydrogen) atoms. The molecule has 2 heterocycles. The molecule has 2 aromatic heterocycles. The third kappa shape index (κ3) is 3.61. The van der Waals surface area contributed by atoms with E-state index in [1.807, 2.05) is 0 Å². The van der Waals surface area contributed by atoms with Gasteiger partial charge in [0, 0.05) is 25.5 Å². The zero-order valence-electron chi connectivity index (χ0n) is 20.9. The smallest absolute Gasteiger partial charge is 0.0972 e. The Morgan fingerprint density at radius 1 is 0.529 bits per heavy atom. The third-order valence-electron chi connectivity index (χ3n) is 7.24. The van der Waals surface area contributed by atoms with E-state index in [1.165, 1.54) is 53.6 Å². The average molecular weight is 556 g/mol. The lowest BCUT2D eigenvalue weighted by atomic mass is 9.91. The molecule has 5 rings (SSSR count). The van der Waals surface area contributed by atoms with Crippen molar-refractivity contribution in [2.45, 2.75) is 48.5 Å². The largest absolute Gasteiger partial charge is 0.245 e. The number of benzene rings is 3. The van der Waals surface area contributed by atoms with Crippen LogP contribution in [0.2, 0.25) is 0 Å². The van der Waals surface area contributed by atoms with E-state index in [0.717, 1.165) is 33.2 Å². The van der Waals surface area contributed by atoms with Crippen LogP contribution in [-0.4, -0.2) is 9.97 Å². The lowest BCUT2D eigenvalue weighted by molar-refractivity contribution is 1.20. The molecule has 0 saturated heterocycles. The molecule has 0 fully saturated rings. The lowest BCUT2D eigenvalue weighted by Gasteiger charge is -2.18. The SMILES string of the molecule is Cc1cc(C)c(-c2ccc3ccc4ccc(-c5c(C)c(C)c(I)c(C)c5C)nc4c3n2)c(C)c1. The highest BCUT2D eigenvalue weighted by Gasteiger charge is 2.17. The zero-order chi connectivity index (χ0) is 24.3. The maximum absolute atomic E-state index is 5.24. The quantitative estimate of drug-likeness (QED) is 0.160. The summed E-state index contributed by atoms with van der Waals surface area (Å²) in [5, 5.41) is 2.24. The van der Waals surface area contributed by atoms with Crippen molar-refractivity contribution in [2.75, 3.05) is 0 Å². The zero-order valence-corrected chi connectivity index (χ0v) is 23.0. The summed E-state index contributed by atoms with van der Waals surface area (Å²) in [6, 6.07) is 17.5. The van der Waals surface area contributed by atoms with E-state index in [-0.39, 0.29) is 0 Å². The van der Waals surface area contributed by atoms with Crippen LogP contribution in [0.3, 0.4) is 0 Å². The molecule has 0 amide bonds. The Hall–Kier alpha value is -2.79. The number of rotatable bonds is 2. The van der Waals surface area contributed by atoms with Crippen LogP contribution < -0.4 is 0 Å². The molecule has 3 aromatic carbocycles. The van der Waals surface area contributed by atoms with Crippen LogP contribution in [0.4, 0.5) is 0 Å². The van der Waals surface area contributed by atoms with Gasteiger partial charge < -0.3 is 0 Å². The molecule has 0 atom stereocenters. The van der Waals surface area contributed by atoms with E-state index in [9.17, 15) is 0 Å². The highest BCUT2D eigenvalue weighted by atomic mass is 127. The van der Waals surface area contributed by atoms with E-state index in [2.05, 4.69) is 120 Å². The fraction of sp³-hybridized carbons (Fsp3) is 0.226. The van der Waals surface area contributed by atoms with Gasteiger partial charge in [-0.25, -0.2) is 9.97 Å². The molecule has 2 nitrogen and oxygen atoms in total. The average Bonchev–Trinajstić information content (AvgIpc) is 2.81. The number of aryl methyl sites for hydroxylation is 3. The second kappa shape index (κ2) is 8.46. The van der Waals surface area contributed by atoms with Crippen LogP contribution in [-0.2, 0) is 0 Å². The Morgan fingerprint density at radius 3 is 1.41 bits per heavy atom. The van der Waals surface area contributed by atoms with E-state index in [0.29, 0.717) is 0 Å². The molecule has 0 spiro atoms. The van der Waals surface area contributed by atoms with Crippen LogP contribution in [0.15, 0.2) is 48.5 Å². The molecule has 0 N–H and O–H groups in total. The van der Waals surface area contributed by atoms with E-state index in [4.69, 9.17) is 9.97 Å². The van der Waals surface area contributed by atoms with Crippen LogP contribution >= 0.6 is 22.6 Å². The van der Waals surface area contributed by atoms with Gasteiger partial charge in [-0.3, -0.25) is 0 Å². The van der Waals surface area contributed by atoms with Crippen molar-refractivity contribution in [2.24, 2.45) is 0 Å². The number of halogens is 1. The number of nitrogens with zero attached hydrogens (tertiary/aromatic N) is 2. The summed E-state index contributed by atoms with van der Waals surface area (Å²) in [5.41, 5.74) is 15.5. The van der Waals surface area contributed by atoms with Crippen molar-refractivity contribution in [1.82, 2.24) is 9.97 Å². The number of hydrogen-bond acceptors (Lipinski definition) is 2. The second-order valence-electron chi connectivity index (χ2n) is 9.56. The summed E-state index contributed by atoms with van der Waals surface area (Å²) in [7, 11) is 0. The second-order valence-corrected chi connectivity index (χ2v) is 10.6. The normalized spacial score (nSPS) is 11.5. The van der Waals surface area contributed by atoms with Gasteiger partial charge in [0.2, 0.25) is 0 Å². The molecule has 0 aliphatic rings. The predicted molar refractivity (Wildman–Crippen MR) is 154 cm³/mol. The van der Waals surface area contributed by atoms with Crippen molar-refractivity contribution in [1.29, 1.82) is 0 Å². The Bertz CT molecular complexity index is 1580. The topological polar surface area (TPSA) is 25.8 Å². The van der Waals surface area contributed by atoms with E-state index in [1.54, 1.807) is 0 Å². The number of pyridine rings is 2. The molecule has 3 heteroatoms. The van der Waals surface area contributed by atoms with Gasteiger partial charge in [-0.15, -0.1) is 0 Å². The van der Waals surface area contributed by atoms with Gasteiger partial charge in [-0.1, -0.05) is 42.0 Å². The summed E-state index contributed by atoms with van der Waals surface area (Å²) in [6.07, 6.45) is 0. The fourth-order valence-corrected chi connectivity index (χ4v) is 6.09. The molecule has 0 aliphatic heterocycles. The maximum Gasteiger partial charge on any atom is 0.0972 e. The van der Waals surface area contributed by atoms with Gasteiger partial charge in [0.25, 0.3) is 0 Å². The number of aromatic nitrogens is 2. The van der Waals surface area contributed by atoms with Crippen molar-refractivity contribution >= 4 is 44.4 Å². The minimum atomic E-state index is 0.963. The molecule has 170 valence electrons. The molecular weight excluding hydrogens is 527 g/mol. The number of hydrogen-bond donors (Lipinski definition) is 0. The Balaban J connectivity index is 1.80. The summed E-state index contributed by atoms with van der Waals surface area (Å²) < 4.78 is 1.35. The van der Waals surface area contributed by atoms with Crippen LogP contribution in [0.1, 0.15) is 38.9 Å². The van der Waals surface area contributed by atoms with Gasteiger partial charge in [0.05, 0.1) is 22.4 Å². The highest BCUT2D eigenvalue weighted by molar-refractivity contribution is 14.1. The predicted octanol–water partition coefficient (Wildman–Crippen LogP) is 8.88. The Morgan fingerprint density at radius 2 is 0.941 bits per heavy atom. The molecular formula is C31H29IN2. The third-order valence-corrected chi connectivity index (χ3v) is 8.86. The maximum atomic E-state index is 5.24. The first-order valence-corrected chi connectivity index (χ1v) is 12.8. The fourth-order valence-electron chi connectivity index (χ4n) is 5.28. The standard InChI is InChI=1S/C31H29IN2/c1-16-14-17(2)27(18(3)15-16)25-12-10-23-8-9-24-11-13-26(34-31(24)30(23)33-25)28-19(4)21(6)29(32)22(7)20(28)5/h8-15H,1-7H3. The van der Waals surface area contributed by atoms with Gasteiger partial charge in [-0.2, -0.15) is 0 Å². The molecule has 0 unspecified atom stereocenters. The van der Waals surface area contributed by atoms with Crippen molar-refractivity contribution < 1.29 is 0 Å². The Labute approximate surface area is 215 Å². The van der Waals surface area contributed by atoms with Crippen LogP contribution in [0.25, 0.3) is 44.3 Å².